The lowest BCUT2D eigenvalue weighted by molar-refractivity contribution is 0.151. The van der Waals surface area contributed by atoms with E-state index in [2.05, 4.69) is 36.1 Å². The molecule has 1 aromatic rings. The largest absolute Gasteiger partial charge is 0.395 e. The molecule has 3 nitrogen and oxygen atoms in total. The highest BCUT2D eigenvalue weighted by Gasteiger charge is 2.21. The number of benzene rings is 1. The third-order valence-electron chi connectivity index (χ3n) is 4.48. The van der Waals surface area contributed by atoms with Gasteiger partial charge in [0.2, 0.25) is 0 Å². The predicted molar refractivity (Wildman–Crippen MR) is 83.5 cm³/mol. The van der Waals surface area contributed by atoms with E-state index in [9.17, 15) is 5.11 Å². The molecule has 0 saturated heterocycles. The monoisotopic (exact) mass is 276 g/mol. The lowest BCUT2D eigenvalue weighted by Gasteiger charge is -2.31. The zero-order chi connectivity index (χ0) is 14.4. The van der Waals surface area contributed by atoms with Gasteiger partial charge in [-0.3, -0.25) is 4.90 Å². The summed E-state index contributed by atoms with van der Waals surface area (Å²) >= 11 is 0. The first-order valence-corrected chi connectivity index (χ1v) is 7.82. The van der Waals surface area contributed by atoms with Crippen LogP contribution in [0.2, 0.25) is 0 Å². The molecule has 1 saturated carbocycles. The zero-order valence-corrected chi connectivity index (χ0v) is 12.6. The van der Waals surface area contributed by atoms with Crippen molar-refractivity contribution in [3.63, 3.8) is 0 Å². The molecule has 2 rings (SSSR count). The van der Waals surface area contributed by atoms with Crippen LogP contribution in [0.15, 0.2) is 24.3 Å². The van der Waals surface area contributed by atoms with Crippen LogP contribution in [0, 0.1) is 12.8 Å². The van der Waals surface area contributed by atoms with Gasteiger partial charge in [0.15, 0.2) is 0 Å². The molecule has 1 fully saturated rings. The van der Waals surface area contributed by atoms with E-state index in [1.807, 2.05) is 0 Å². The van der Waals surface area contributed by atoms with Crippen molar-refractivity contribution in [2.24, 2.45) is 11.7 Å². The molecule has 0 atom stereocenters. The maximum Gasteiger partial charge on any atom is 0.0558 e. The maximum absolute atomic E-state index is 9.29. The summed E-state index contributed by atoms with van der Waals surface area (Å²) in [6, 6.07) is 8.94. The van der Waals surface area contributed by atoms with Gasteiger partial charge in [-0.2, -0.15) is 0 Å². The molecule has 20 heavy (non-hydrogen) atoms. The summed E-state index contributed by atoms with van der Waals surface area (Å²) in [6.45, 7) is 5.18. The average Bonchev–Trinajstić information content (AvgIpc) is 2.44. The number of aliphatic hydroxyl groups is 1. The van der Waals surface area contributed by atoms with E-state index in [4.69, 9.17) is 5.73 Å². The molecule has 0 heterocycles. The summed E-state index contributed by atoms with van der Waals surface area (Å²) in [4.78, 5) is 2.39. The quantitative estimate of drug-likeness (QED) is 0.838. The van der Waals surface area contributed by atoms with Gasteiger partial charge in [0.25, 0.3) is 0 Å². The van der Waals surface area contributed by atoms with Gasteiger partial charge in [-0.15, -0.1) is 0 Å². The number of nitrogens with two attached hydrogens (primary N) is 1. The molecular formula is C17H28N2O. The highest BCUT2D eigenvalue weighted by molar-refractivity contribution is 5.25. The normalized spacial score (nSPS) is 23.2. The van der Waals surface area contributed by atoms with Crippen LogP contribution in [0.5, 0.6) is 0 Å². The van der Waals surface area contributed by atoms with Gasteiger partial charge in [0, 0.05) is 25.7 Å². The summed E-state index contributed by atoms with van der Waals surface area (Å²) in [5.74, 6) is 0.741. The van der Waals surface area contributed by atoms with Gasteiger partial charge >= 0.3 is 0 Å². The van der Waals surface area contributed by atoms with Crippen molar-refractivity contribution in [1.82, 2.24) is 4.90 Å². The fraction of sp³-hybridized carbons (Fsp3) is 0.647. The van der Waals surface area contributed by atoms with Crippen molar-refractivity contribution in [3.8, 4) is 0 Å². The Morgan fingerprint density at radius 1 is 1.20 bits per heavy atom. The molecular weight excluding hydrogens is 248 g/mol. The van der Waals surface area contributed by atoms with Crippen molar-refractivity contribution in [1.29, 1.82) is 0 Å². The molecule has 3 heteroatoms. The Morgan fingerprint density at radius 2 is 1.90 bits per heavy atom. The standard InChI is InChI=1S/C17H28N2O/c1-14-4-2-3-5-16(14)13-19(10-11-20)12-15-6-8-17(18)9-7-15/h2-5,15,17,20H,6-13,18H2,1H3. The number of aliphatic hydroxyl groups excluding tert-OH is 1. The van der Waals surface area contributed by atoms with Crippen LogP contribution < -0.4 is 5.73 Å². The lowest BCUT2D eigenvalue weighted by atomic mass is 9.86. The molecule has 112 valence electrons. The van der Waals surface area contributed by atoms with E-state index in [-0.39, 0.29) is 6.61 Å². The maximum atomic E-state index is 9.29. The van der Waals surface area contributed by atoms with Crippen LogP contribution >= 0.6 is 0 Å². The summed E-state index contributed by atoms with van der Waals surface area (Å²) < 4.78 is 0. The van der Waals surface area contributed by atoms with Crippen molar-refractivity contribution in [3.05, 3.63) is 35.4 Å². The van der Waals surface area contributed by atoms with Gasteiger partial charge in [0.1, 0.15) is 0 Å². The fourth-order valence-corrected chi connectivity index (χ4v) is 3.14. The highest BCUT2D eigenvalue weighted by atomic mass is 16.3. The first kappa shape index (κ1) is 15.5. The molecule has 0 radical (unpaired) electrons. The molecule has 0 bridgehead atoms. The summed E-state index contributed by atoms with van der Waals surface area (Å²) in [5.41, 5.74) is 8.68. The van der Waals surface area contributed by atoms with Crippen LogP contribution in [-0.2, 0) is 6.54 Å². The summed E-state index contributed by atoms with van der Waals surface area (Å²) in [5, 5.41) is 9.29. The van der Waals surface area contributed by atoms with Crippen LogP contribution in [0.1, 0.15) is 36.8 Å². The van der Waals surface area contributed by atoms with Crippen LogP contribution in [0.3, 0.4) is 0 Å². The second kappa shape index (κ2) is 7.77. The lowest BCUT2D eigenvalue weighted by Crippen LogP contribution is -2.35. The van der Waals surface area contributed by atoms with Gasteiger partial charge in [0.05, 0.1) is 6.61 Å². The van der Waals surface area contributed by atoms with Gasteiger partial charge in [-0.05, 0) is 49.7 Å². The van der Waals surface area contributed by atoms with Crippen molar-refractivity contribution in [2.75, 3.05) is 19.7 Å². The number of hydrogen-bond donors (Lipinski definition) is 2. The predicted octanol–water partition coefficient (Wildman–Crippen LogP) is 2.31. The molecule has 0 spiro atoms. The van der Waals surface area contributed by atoms with E-state index in [1.165, 1.54) is 24.0 Å². The van der Waals surface area contributed by atoms with Gasteiger partial charge in [-0.25, -0.2) is 0 Å². The Balaban J connectivity index is 1.91. The SMILES string of the molecule is Cc1ccccc1CN(CCO)CC1CCC(N)CC1. The van der Waals surface area contributed by atoms with Gasteiger partial charge in [-0.1, -0.05) is 24.3 Å². The average molecular weight is 276 g/mol. The first-order valence-electron chi connectivity index (χ1n) is 7.82. The molecule has 1 aliphatic carbocycles. The minimum Gasteiger partial charge on any atom is -0.395 e. The number of rotatable bonds is 6. The minimum atomic E-state index is 0.234. The van der Waals surface area contributed by atoms with E-state index >= 15 is 0 Å². The molecule has 0 unspecified atom stereocenters. The zero-order valence-electron chi connectivity index (χ0n) is 12.6. The van der Waals surface area contributed by atoms with E-state index in [0.29, 0.717) is 6.04 Å². The minimum absolute atomic E-state index is 0.234. The molecule has 1 aliphatic rings. The van der Waals surface area contributed by atoms with Crippen LogP contribution in [0.25, 0.3) is 0 Å². The Bertz CT molecular complexity index is 400. The molecule has 0 amide bonds. The van der Waals surface area contributed by atoms with E-state index in [1.54, 1.807) is 0 Å². The smallest absolute Gasteiger partial charge is 0.0558 e. The Hall–Kier alpha value is -0.900. The Kier molecular flexibility index (Phi) is 6.02. The summed E-state index contributed by atoms with van der Waals surface area (Å²) in [7, 11) is 0. The number of nitrogens with zero attached hydrogens (tertiary/aromatic N) is 1. The number of hydrogen-bond acceptors (Lipinski definition) is 3. The van der Waals surface area contributed by atoms with E-state index in [0.717, 1.165) is 38.4 Å². The molecule has 0 aromatic heterocycles. The van der Waals surface area contributed by atoms with Crippen LogP contribution in [0.4, 0.5) is 0 Å². The topological polar surface area (TPSA) is 49.5 Å². The van der Waals surface area contributed by atoms with E-state index < -0.39 is 0 Å². The first-order chi connectivity index (χ1) is 9.69. The second-order valence-electron chi connectivity index (χ2n) is 6.17. The Labute approximate surface area is 122 Å². The Morgan fingerprint density at radius 3 is 2.55 bits per heavy atom. The molecule has 3 N–H and O–H groups in total. The van der Waals surface area contributed by atoms with Crippen molar-refractivity contribution >= 4 is 0 Å². The van der Waals surface area contributed by atoms with Crippen molar-refractivity contribution < 1.29 is 5.11 Å². The third-order valence-corrected chi connectivity index (χ3v) is 4.48. The molecule has 0 aliphatic heterocycles. The van der Waals surface area contributed by atoms with Gasteiger partial charge < -0.3 is 10.8 Å². The highest BCUT2D eigenvalue weighted by Crippen LogP contribution is 2.24. The number of aryl methyl sites for hydroxylation is 1. The summed E-state index contributed by atoms with van der Waals surface area (Å²) in [6.07, 6.45) is 4.78. The second-order valence-corrected chi connectivity index (χ2v) is 6.17. The van der Waals surface area contributed by atoms with Crippen LogP contribution in [-0.4, -0.2) is 35.7 Å². The third kappa shape index (κ3) is 4.58. The fourth-order valence-electron chi connectivity index (χ4n) is 3.14. The van der Waals surface area contributed by atoms with Crippen molar-refractivity contribution in [2.45, 2.75) is 45.2 Å². The molecule has 1 aromatic carbocycles.